The third-order valence-corrected chi connectivity index (χ3v) is 10.3. The fourth-order valence-corrected chi connectivity index (χ4v) is 7.75. The molecular formula is C42H56Cl2Zr2-2. The van der Waals surface area contributed by atoms with Crippen LogP contribution in [0.2, 0.25) is 0 Å². The Morgan fingerprint density at radius 3 is 0.739 bits per heavy atom. The number of allylic oxidation sites excluding steroid dienone is 16. The molecule has 0 spiro atoms. The van der Waals surface area contributed by atoms with Gasteiger partial charge in [0.2, 0.25) is 0 Å². The molecule has 0 bridgehead atoms. The minimum absolute atomic E-state index is 0. The molecule has 8 aliphatic rings. The first-order valence-corrected chi connectivity index (χ1v) is 20.9. The van der Waals surface area contributed by atoms with Crippen molar-refractivity contribution in [2.24, 2.45) is 23.7 Å². The van der Waals surface area contributed by atoms with Gasteiger partial charge in [0, 0.05) is 0 Å². The van der Waals surface area contributed by atoms with Crippen molar-refractivity contribution in [2.45, 2.75) is 130 Å². The second kappa shape index (κ2) is 24.2. The average molecular weight is 814 g/mol. The molecule has 0 heterocycles. The Labute approximate surface area is 326 Å². The van der Waals surface area contributed by atoms with Crippen LogP contribution >= 0.6 is 0 Å². The summed E-state index contributed by atoms with van der Waals surface area (Å²) in [5, 5.41) is 0. The maximum atomic E-state index is 3.36. The Kier molecular flexibility index (Phi) is 23.2. The maximum Gasteiger partial charge on any atom is -1.00 e. The summed E-state index contributed by atoms with van der Waals surface area (Å²) in [4.78, 5) is 0. The summed E-state index contributed by atoms with van der Waals surface area (Å²) < 4.78 is 6.68. The largest absolute Gasteiger partial charge is 1.00 e. The van der Waals surface area contributed by atoms with Gasteiger partial charge in [0.25, 0.3) is 0 Å². The second-order valence-corrected chi connectivity index (χ2v) is 13.2. The van der Waals surface area contributed by atoms with Crippen molar-refractivity contribution in [2.75, 3.05) is 0 Å². The first kappa shape index (κ1) is 44.0. The Hall–Kier alpha value is 0.00623. The molecule has 0 aromatic carbocycles. The molecule has 0 N–H and O–H groups in total. The fraction of sp³-hybridized carbons (Fsp3) is 0.571. The summed E-state index contributed by atoms with van der Waals surface area (Å²) in [6.07, 6.45) is 44.0. The molecule has 0 aliphatic heterocycles. The monoisotopic (exact) mass is 810 g/mol. The van der Waals surface area contributed by atoms with Crippen LogP contribution in [-0.4, -0.2) is 8.42 Å². The zero-order valence-corrected chi connectivity index (χ0v) is 35.5. The molecule has 8 rings (SSSR count). The molecule has 8 aliphatic carbocycles. The van der Waals surface area contributed by atoms with Crippen LogP contribution in [0.4, 0.5) is 0 Å². The van der Waals surface area contributed by atoms with E-state index in [9.17, 15) is 0 Å². The van der Waals surface area contributed by atoms with Crippen molar-refractivity contribution < 1.29 is 73.3 Å². The van der Waals surface area contributed by atoms with Crippen molar-refractivity contribution in [3.8, 4) is 0 Å². The molecule has 0 aromatic heterocycles. The van der Waals surface area contributed by atoms with Gasteiger partial charge in [-0.1, -0.05) is 128 Å². The normalized spacial score (nSPS) is 27.3. The smallest absolute Gasteiger partial charge is 1.00 e. The molecule has 4 unspecified atom stereocenters. The van der Waals surface area contributed by atoms with Gasteiger partial charge in [0.15, 0.2) is 0 Å². The van der Waals surface area contributed by atoms with E-state index in [2.05, 4.69) is 84.7 Å². The molecule has 0 fully saturated rings. The van der Waals surface area contributed by atoms with E-state index in [0.29, 0.717) is 23.7 Å². The number of hydrogen-bond acceptors (Lipinski definition) is 0. The minimum Gasteiger partial charge on any atom is -1.00 e. The van der Waals surface area contributed by atoms with E-state index in [-0.39, 0.29) is 24.8 Å². The summed E-state index contributed by atoms with van der Waals surface area (Å²) in [5.41, 5.74) is 13.1. The van der Waals surface area contributed by atoms with Gasteiger partial charge in [0.1, 0.15) is 0 Å². The van der Waals surface area contributed by atoms with Crippen LogP contribution in [0.5, 0.6) is 0 Å². The van der Waals surface area contributed by atoms with Gasteiger partial charge in [-0.05, 0) is 25.7 Å². The minimum atomic E-state index is 0. The summed E-state index contributed by atoms with van der Waals surface area (Å²) in [5.74, 6) is 2.54. The first-order chi connectivity index (χ1) is 21.5. The molecule has 0 saturated carbocycles. The summed E-state index contributed by atoms with van der Waals surface area (Å²) in [6, 6.07) is 0. The van der Waals surface area contributed by atoms with Crippen LogP contribution in [0.3, 0.4) is 0 Å². The Morgan fingerprint density at radius 1 is 0.391 bits per heavy atom. The van der Waals surface area contributed by atoms with Crippen LogP contribution in [-0.2, 0) is 48.5 Å². The van der Waals surface area contributed by atoms with Crippen molar-refractivity contribution in [3.05, 3.63) is 93.2 Å². The van der Waals surface area contributed by atoms with E-state index in [0.717, 1.165) is 0 Å². The topological polar surface area (TPSA) is 0 Å². The first-order valence-electron chi connectivity index (χ1n) is 17.5. The maximum absolute atomic E-state index is 3.36. The molecule has 248 valence electrons. The Bertz CT molecular complexity index is 1020. The zero-order valence-electron chi connectivity index (χ0n) is 29.1. The van der Waals surface area contributed by atoms with Crippen LogP contribution in [0.25, 0.3) is 0 Å². The zero-order chi connectivity index (χ0) is 31.9. The second-order valence-electron chi connectivity index (χ2n) is 13.2. The van der Waals surface area contributed by atoms with Gasteiger partial charge in [0.05, 0.1) is 0 Å². The molecule has 0 aromatic rings. The van der Waals surface area contributed by atoms with E-state index in [4.69, 9.17) is 0 Å². The van der Waals surface area contributed by atoms with E-state index >= 15 is 0 Å². The summed E-state index contributed by atoms with van der Waals surface area (Å²) in [7, 11) is 0. The number of hydrogen-bond donors (Lipinski definition) is 0. The number of rotatable bonds is 0. The molecule has 0 nitrogen and oxygen atoms in total. The molecule has 4 atom stereocenters. The van der Waals surface area contributed by atoms with Crippen molar-refractivity contribution in [1.82, 2.24) is 0 Å². The fourth-order valence-electron chi connectivity index (χ4n) is 7.75. The molecule has 0 amide bonds. The van der Waals surface area contributed by atoms with E-state index in [1.54, 1.807) is 44.6 Å². The standard InChI is InChI=1S/4C10H13.2CH2.2ClH.2Zr/c4*1-8-6-7-9-4-2-3-5-10(8)9;;;;;;/h4*7-8H,2-5H2,1H3;2*1H2;2*1H;;/q4*-1;;;;;2*+2/p-2. The van der Waals surface area contributed by atoms with Gasteiger partial charge in [-0.25, -0.2) is 24.3 Å². The van der Waals surface area contributed by atoms with Crippen LogP contribution < -0.4 is 24.8 Å². The summed E-state index contributed by atoms with van der Waals surface area (Å²) in [6.45, 7) is 9.02. The van der Waals surface area contributed by atoms with Crippen molar-refractivity contribution in [3.63, 3.8) is 0 Å². The molecule has 0 saturated heterocycles. The van der Waals surface area contributed by atoms with Gasteiger partial charge in [-0.3, -0.25) is 24.3 Å². The predicted octanol–water partition coefficient (Wildman–Crippen LogP) is 5.40. The van der Waals surface area contributed by atoms with Gasteiger partial charge in [-0.15, -0.1) is 0 Å². The Morgan fingerprint density at radius 2 is 0.565 bits per heavy atom. The Balaban J connectivity index is 0.000000292. The third-order valence-electron chi connectivity index (χ3n) is 10.3. The van der Waals surface area contributed by atoms with Gasteiger partial charge < -0.3 is 24.8 Å². The van der Waals surface area contributed by atoms with Gasteiger partial charge in [-0.2, -0.15) is 44.6 Å². The molecule has 0 radical (unpaired) electrons. The van der Waals surface area contributed by atoms with E-state index in [1.165, 1.54) is 151 Å². The van der Waals surface area contributed by atoms with Crippen LogP contribution in [0, 0.1) is 48.0 Å². The van der Waals surface area contributed by atoms with E-state index in [1.807, 2.05) is 0 Å². The quantitative estimate of drug-likeness (QED) is 0.288. The number of halogens is 2. The van der Waals surface area contributed by atoms with Crippen molar-refractivity contribution in [1.29, 1.82) is 0 Å². The third kappa shape index (κ3) is 12.7. The molecular weight excluding hydrogens is 758 g/mol. The molecule has 46 heavy (non-hydrogen) atoms. The predicted molar refractivity (Wildman–Crippen MR) is 184 cm³/mol. The SMILES string of the molecule is CC1[C-]=CC2=C1CCCC2.CC1[C-]=CC2=C1CCCC2.CC1[C-]=CC2=C1CCCC2.CC1[C-]=CC2=C1CCCC2.[CH2]=[Zr+2].[CH2]=[Zr+2].[Cl-].[Cl-]. The van der Waals surface area contributed by atoms with Gasteiger partial charge >= 0.3 is 56.9 Å². The van der Waals surface area contributed by atoms with E-state index < -0.39 is 0 Å². The average Bonchev–Trinajstić information content (AvgIpc) is 3.87. The van der Waals surface area contributed by atoms with Crippen LogP contribution in [0.15, 0.2) is 68.9 Å². The van der Waals surface area contributed by atoms with Crippen LogP contribution in [0.1, 0.15) is 130 Å². The van der Waals surface area contributed by atoms with Crippen molar-refractivity contribution >= 4 is 8.42 Å². The summed E-state index contributed by atoms with van der Waals surface area (Å²) >= 11 is 2.60. The molecule has 4 heteroatoms.